The molecule has 0 aliphatic rings. The molecule has 1 N–H and O–H groups in total. The smallest absolute Gasteiger partial charge is 0.185 e. The number of carbonyl (C=O) groups is 1. The third-order valence-corrected chi connectivity index (χ3v) is 4.26. The van der Waals surface area contributed by atoms with E-state index in [-0.39, 0.29) is 17.7 Å². The van der Waals surface area contributed by atoms with Crippen molar-refractivity contribution in [3.63, 3.8) is 0 Å². The van der Waals surface area contributed by atoms with Crippen molar-refractivity contribution in [1.82, 2.24) is 0 Å². The Hall–Kier alpha value is -2.87. The number of Topliss-reactive ketones (excluding diaryl/α,β-unsaturated/α-hetero) is 1. The maximum atomic E-state index is 13.1. The van der Waals surface area contributed by atoms with Gasteiger partial charge in [-0.1, -0.05) is 85.8 Å². The van der Waals surface area contributed by atoms with Crippen LogP contribution in [0.2, 0.25) is 0 Å². The molecule has 0 amide bonds. The van der Waals surface area contributed by atoms with Gasteiger partial charge in [0.1, 0.15) is 0 Å². The van der Waals surface area contributed by atoms with Gasteiger partial charge in [-0.25, -0.2) is 0 Å². The van der Waals surface area contributed by atoms with Crippen molar-refractivity contribution in [1.29, 1.82) is 0 Å². The lowest BCUT2D eigenvalue weighted by atomic mass is 9.88. The molecule has 0 heterocycles. The minimum absolute atomic E-state index is 0.0547. The summed E-state index contributed by atoms with van der Waals surface area (Å²) in [5, 5.41) is 3.43. The minimum atomic E-state index is -0.322. The first-order chi connectivity index (χ1) is 11.8. The molecule has 3 aromatic rings. The monoisotopic (exact) mass is 315 g/mol. The number of nitrogens with one attached hydrogen (secondary N) is 1. The second-order valence-corrected chi connectivity index (χ2v) is 5.92. The van der Waals surface area contributed by atoms with E-state index in [9.17, 15) is 4.79 Å². The molecule has 2 nitrogen and oxygen atoms in total. The number of rotatable bonds is 6. The van der Waals surface area contributed by atoms with Crippen molar-refractivity contribution in [2.75, 3.05) is 5.32 Å². The van der Waals surface area contributed by atoms with Crippen molar-refractivity contribution >= 4 is 11.5 Å². The third kappa shape index (κ3) is 3.72. The Morgan fingerprint density at radius 1 is 0.750 bits per heavy atom. The van der Waals surface area contributed by atoms with Gasteiger partial charge in [0.2, 0.25) is 0 Å². The van der Waals surface area contributed by atoms with E-state index >= 15 is 0 Å². The highest BCUT2D eigenvalue weighted by molar-refractivity contribution is 6.02. The van der Waals surface area contributed by atoms with E-state index in [1.807, 2.05) is 78.9 Å². The number of benzene rings is 3. The summed E-state index contributed by atoms with van der Waals surface area (Å²) in [7, 11) is 0. The maximum absolute atomic E-state index is 13.1. The molecule has 0 aromatic heterocycles. The molecule has 120 valence electrons. The number of anilines is 1. The standard InChI is InChI=1S/C22H21NO/c1-17(18-11-5-2-6-12-18)21(23-20-15-9-4-10-16-20)22(24)19-13-7-3-8-14-19/h2-17,21,23H,1H3/t17-,21-/m0/s1. The molecule has 0 saturated carbocycles. The van der Waals surface area contributed by atoms with E-state index in [0.717, 1.165) is 16.8 Å². The molecule has 0 fully saturated rings. The highest BCUT2D eigenvalue weighted by Crippen LogP contribution is 2.25. The second-order valence-electron chi connectivity index (χ2n) is 5.92. The van der Waals surface area contributed by atoms with E-state index in [2.05, 4.69) is 24.4 Å². The van der Waals surface area contributed by atoms with Crippen LogP contribution in [-0.2, 0) is 0 Å². The summed E-state index contributed by atoms with van der Waals surface area (Å²) in [6, 6.07) is 29.2. The van der Waals surface area contributed by atoms with Crippen LogP contribution in [0.4, 0.5) is 5.69 Å². The van der Waals surface area contributed by atoms with Gasteiger partial charge < -0.3 is 5.32 Å². The summed E-state index contributed by atoms with van der Waals surface area (Å²) in [6.07, 6.45) is 0. The summed E-state index contributed by atoms with van der Waals surface area (Å²) in [5.74, 6) is 0.162. The van der Waals surface area contributed by atoms with Crippen LogP contribution in [0, 0.1) is 0 Å². The lowest BCUT2D eigenvalue weighted by Gasteiger charge is -2.25. The Kier molecular flexibility index (Phi) is 5.07. The van der Waals surface area contributed by atoms with Gasteiger partial charge in [-0.05, 0) is 17.7 Å². The fourth-order valence-corrected chi connectivity index (χ4v) is 2.86. The van der Waals surface area contributed by atoms with Crippen LogP contribution in [-0.4, -0.2) is 11.8 Å². The Morgan fingerprint density at radius 3 is 1.83 bits per heavy atom. The lowest BCUT2D eigenvalue weighted by Crippen LogP contribution is -2.34. The molecule has 0 bridgehead atoms. The SMILES string of the molecule is C[C@@H](c1ccccc1)[C@H](Nc1ccccc1)C(=O)c1ccccc1. The molecule has 0 unspecified atom stereocenters. The van der Waals surface area contributed by atoms with Crippen LogP contribution in [0.25, 0.3) is 0 Å². The fourth-order valence-electron chi connectivity index (χ4n) is 2.86. The van der Waals surface area contributed by atoms with E-state index in [1.165, 1.54) is 0 Å². The number of ketones is 1. The highest BCUT2D eigenvalue weighted by Gasteiger charge is 2.27. The molecule has 3 aromatic carbocycles. The molecule has 0 aliphatic heterocycles. The van der Waals surface area contributed by atoms with Crippen LogP contribution in [0.3, 0.4) is 0 Å². The average Bonchev–Trinajstić information content (AvgIpc) is 2.67. The average molecular weight is 315 g/mol. The summed E-state index contributed by atoms with van der Waals surface area (Å²) in [4.78, 5) is 13.1. The van der Waals surface area contributed by atoms with Crippen molar-refractivity contribution < 1.29 is 4.79 Å². The predicted molar refractivity (Wildman–Crippen MR) is 99.5 cm³/mol. The van der Waals surface area contributed by atoms with Crippen LogP contribution in [0.1, 0.15) is 28.8 Å². The minimum Gasteiger partial charge on any atom is -0.374 e. The van der Waals surface area contributed by atoms with E-state index in [4.69, 9.17) is 0 Å². The zero-order valence-electron chi connectivity index (χ0n) is 13.7. The van der Waals surface area contributed by atoms with Gasteiger partial charge in [-0.15, -0.1) is 0 Å². The van der Waals surface area contributed by atoms with Crippen molar-refractivity contribution in [2.24, 2.45) is 0 Å². The maximum Gasteiger partial charge on any atom is 0.185 e. The van der Waals surface area contributed by atoms with Crippen LogP contribution in [0.5, 0.6) is 0 Å². The molecule has 0 radical (unpaired) electrons. The molecule has 0 aliphatic carbocycles. The summed E-state index contributed by atoms with van der Waals surface area (Å²) in [6.45, 7) is 2.09. The van der Waals surface area contributed by atoms with Gasteiger partial charge in [-0.2, -0.15) is 0 Å². The molecule has 2 heteroatoms. The van der Waals surface area contributed by atoms with Gasteiger partial charge in [-0.3, -0.25) is 4.79 Å². The van der Waals surface area contributed by atoms with Crippen LogP contribution in [0.15, 0.2) is 91.0 Å². The molecular weight excluding hydrogens is 294 g/mol. The Labute approximate surface area is 143 Å². The zero-order valence-corrected chi connectivity index (χ0v) is 13.7. The molecule has 2 atom stereocenters. The third-order valence-electron chi connectivity index (χ3n) is 4.26. The highest BCUT2D eigenvalue weighted by atomic mass is 16.1. The number of carbonyl (C=O) groups excluding carboxylic acids is 1. The quantitative estimate of drug-likeness (QED) is 0.637. The topological polar surface area (TPSA) is 29.1 Å². The van der Waals surface area contributed by atoms with Crippen molar-refractivity contribution in [2.45, 2.75) is 18.9 Å². The Morgan fingerprint density at radius 2 is 1.25 bits per heavy atom. The molecule has 0 saturated heterocycles. The Bertz CT molecular complexity index is 769. The summed E-state index contributed by atoms with van der Waals surface area (Å²) >= 11 is 0. The number of hydrogen-bond acceptors (Lipinski definition) is 2. The molecule has 0 spiro atoms. The van der Waals surface area contributed by atoms with Gasteiger partial charge >= 0.3 is 0 Å². The molecular formula is C22H21NO. The van der Waals surface area contributed by atoms with Crippen LogP contribution < -0.4 is 5.32 Å². The summed E-state index contributed by atoms with van der Waals surface area (Å²) in [5.41, 5.74) is 2.83. The Balaban J connectivity index is 1.93. The first kappa shape index (κ1) is 16.0. The lowest BCUT2D eigenvalue weighted by molar-refractivity contribution is 0.0960. The normalized spacial score (nSPS) is 13.0. The first-order valence-electron chi connectivity index (χ1n) is 8.21. The largest absolute Gasteiger partial charge is 0.374 e. The fraction of sp³-hybridized carbons (Fsp3) is 0.136. The van der Waals surface area contributed by atoms with Gasteiger partial charge in [0.15, 0.2) is 5.78 Å². The first-order valence-corrected chi connectivity index (χ1v) is 8.21. The van der Waals surface area contributed by atoms with Gasteiger partial charge in [0.25, 0.3) is 0 Å². The summed E-state index contributed by atoms with van der Waals surface area (Å²) < 4.78 is 0. The van der Waals surface area contributed by atoms with Crippen molar-refractivity contribution in [3.8, 4) is 0 Å². The number of hydrogen-bond donors (Lipinski definition) is 1. The second kappa shape index (κ2) is 7.60. The van der Waals surface area contributed by atoms with Gasteiger partial charge in [0, 0.05) is 17.2 Å². The number of para-hydroxylation sites is 1. The molecule has 3 rings (SSSR count). The predicted octanol–water partition coefficient (Wildman–Crippen LogP) is 5.15. The van der Waals surface area contributed by atoms with Crippen LogP contribution >= 0.6 is 0 Å². The van der Waals surface area contributed by atoms with Crippen molar-refractivity contribution in [3.05, 3.63) is 102 Å². The van der Waals surface area contributed by atoms with Gasteiger partial charge in [0.05, 0.1) is 6.04 Å². The van der Waals surface area contributed by atoms with E-state index in [0.29, 0.717) is 0 Å². The zero-order chi connectivity index (χ0) is 16.8. The van der Waals surface area contributed by atoms with E-state index in [1.54, 1.807) is 0 Å². The van der Waals surface area contributed by atoms with E-state index < -0.39 is 0 Å². The molecule has 24 heavy (non-hydrogen) atoms.